The maximum atomic E-state index is 12.8. The van der Waals surface area contributed by atoms with Crippen LogP contribution < -0.4 is 27.5 Å². The fourth-order valence-corrected chi connectivity index (χ4v) is 3.17. The van der Waals surface area contributed by atoms with Crippen molar-refractivity contribution in [2.45, 2.75) is 32.4 Å². The van der Waals surface area contributed by atoms with Gasteiger partial charge in [0.15, 0.2) is 0 Å². The van der Waals surface area contributed by atoms with E-state index in [1.54, 1.807) is 25.1 Å². The Kier molecular flexibility index (Phi) is 6.59. The number of imide groups is 1. The van der Waals surface area contributed by atoms with Crippen molar-refractivity contribution in [1.29, 1.82) is 0 Å². The van der Waals surface area contributed by atoms with Gasteiger partial charge in [0.25, 0.3) is 11.8 Å². The fraction of sp³-hybridized carbons (Fsp3) is 0.238. The molecule has 1 heterocycles. The number of rotatable bonds is 5. The molecule has 11 nitrogen and oxygen atoms in total. The molecule has 1 fully saturated rings. The average molecular weight is 440 g/mol. The van der Waals surface area contributed by atoms with Crippen molar-refractivity contribution in [2.24, 2.45) is 5.84 Å². The zero-order valence-electron chi connectivity index (χ0n) is 17.3. The van der Waals surface area contributed by atoms with E-state index >= 15 is 0 Å². The second-order valence-electron chi connectivity index (χ2n) is 7.41. The number of phenolic OH excluding ortho intramolecular Hbond substituents is 1. The molecular weight excluding hydrogens is 416 g/mol. The van der Waals surface area contributed by atoms with Gasteiger partial charge in [-0.3, -0.25) is 24.7 Å². The second-order valence-corrected chi connectivity index (χ2v) is 7.41. The number of nitrogens with zero attached hydrogens (tertiary/aromatic N) is 1. The van der Waals surface area contributed by atoms with Crippen LogP contribution in [0.1, 0.15) is 34.3 Å². The minimum atomic E-state index is -0.988. The number of phenols is 1. The molecule has 0 bridgehead atoms. The summed E-state index contributed by atoms with van der Waals surface area (Å²) in [6, 6.07) is 7.86. The summed E-state index contributed by atoms with van der Waals surface area (Å²) in [5.41, 5.74) is 7.81. The van der Waals surface area contributed by atoms with Crippen molar-refractivity contribution < 1.29 is 24.3 Å². The van der Waals surface area contributed by atoms with E-state index < -0.39 is 29.8 Å². The molecule has 0 aliphatic carbocycles. The molecule has 1 aliphatic heterocycles. The van der Waals surface area contributed by atoms with E-state index in [4.69, 9.17) is 11.6 Å². The number of benzene rings is 2. The number of carbonyl (C=O) groups is 4. The van der Waals surface area contributed by atoms with Gasteiger partial charge in [0.1, 0.15) is 11.8 Å². The predicted octanol–water partition coefficient (Wildman–Crippen LogP) is 0.726. The van der Waals surface area contributed by atoms with Crippen molar-refractivity contribution in [3.8, 4) is 5.75 Å². The Bertz CT molecular complexity index is 1090. The smallest absolute Gasteiger partial charge is 0.319 e. The largest absolute Gasteiger partial charge is 0.508 e. The first-order chi connectivity index (χ1) is 15.2. The number of nitrogens with one attached hydrogen (secondary N) is 3. The Morgan fingerprint density at radius 2 is 1.97 bits per heavy atom. The lowest BCUT2D eigenvalue weighted by Gasteiger charge is -2.29. The number of aromatic hydroxyl groups is 1. The van der Waals surface area contributed by atoms with E-state index in [-0.39, 0.29) is 36.4 Å². The molecule has 2 aromatic rings. The van der Waals surface area contributed by atoms with Crippen LogP contribution in [0.25, 0.3) is 0 Å². The SMILES string of the molecule is Cc1ccc(NC(=O)NCc2ccc(N)c(C(=O)N(N)C3CCC(=O)NC3=O)c2)cc1O. The number of anilines is 2. The fourth-order valence-electron chi connectivity index (χ4n) is 3.17. The summed E-state index contributed by atoms with van der Waals surface area (Å²) < 4.78 is 0. The van der Waals surface area contributed by atoms with Gasteiger partial charge in [0.2, 0.25) is 5.91 Å². The Labute approximate surface area is 183 Å². The van der Waals surface area contributed by atoms with Gasteiger partial charge in [-0.05, 0) is 42.7 Å². The lowest BCUT2D eigenvalue weighted by molar-refractivity contribution is -0.136. The number of hydrogen-bond donors (Lipinski definition) is 6. The van der Waals surface area contributed by atoms with Crippen LogP contribution in [-0.2, 0) is 16.1 Å². The summed E-state index contributed by atoms with van der Waals surface area (Å²) in [6.45, 7) is 1.81. The predicted molar refractivity (Wildman–Crippen MR) is 116 cm³/mol. The Hall–Kier alpha value is -4.12. The molecule has 11 heteroatoms. The van der Waals surface area contributed by atoms with E-state index in [1.165, 1.54) is 18.2 Å². The normalized spacial score (nSPS) is 15.6. The maximum absolute atomic E-state index is 12.8. The van der Waals surface area contributed by atoms with Gasteiger partial charge in [0.05, 0.1) is 5.56 Å². The highest BCUT2D eigenvalue weighted by molar-refractivity contribution is 6.05. The first-order valence-corrected chi connectivity index (χ1v) is 9.80. The Morgan fingerprint density at radius 1 is 1.22 bits per heavy atom. The van der Waals surface area contributed by atoms with Crippen molar-refractivity contribution in [3.05, 3.63) is 53.1 Å². The lowest BCUT2D eigenvalue weighted by Crippen LogP contribution is -2.57. The van der Waals surface area contributed by atoms with Crippen LogP contribution in [0.3, 0.4) is 0 Å². The van der Waals surface area contributed by atoms with E-state index in [1.807, 2.05) is 0 Å². The number of hydrazine groups is 1. The molecule has 0 aromatic heterocycles. The minimum absolute atomic E-state index is 0.0619. The quantitative estimate of drug-likeness (QED) is 0.130. The first kappa shape index (κ1) is 22.6. The standard InChI is InChI=1S/C21H24N6O5/c1-11-2-4-13(9-17(11)28)25-21(32)24-10-12-3-5-15(22)14(8-12)20(31)27(23)16-6-7-18(29)26-19(16)30/h2-5,8-9,16,28H,6-7,10,22-23H2,1H3,(H2,24,25,32)(H,26,29,30). The number of urea groups is 1. The van der Waals surface area contributed by atoms with Crippen LogP contribution >= 0.6 is 0 Å². The highest BCUT2D eigenvalue weighted by Gasteiger charge is 2.34. The monoisotopic (exact) mass is 440 g/mol. The molecule has 32 heavy (non-hydrogen) atoms. The van der Waals surface area contributed by atoms with Gasteiger partial charge in [-0.25, -0.2) is 10.6 Å². The number of nitrogens with two attached hydrogens (primary N) is 2. The van der Waals surface area contributed by atoms with Crippen LogP contribution in [0.4, 0.5) is 16.2 Å². The Morgan fingerprint density at radius 3 is 2.66 bits per heavy atom. The van der Waals surface area contributed by atoms with Crippen LogP contribution in [0, 0.1) is 6.92 Å². The molecule has 0 radical (unpaired) electrons. The first-order valence-electron chi connectivity index (χ1n) is 9.80. The van der Waals surface area contributed by atoms with Crippen LogP contribution in [-0.4, -0.2) is 39.9 Å². The number of carbonyl (C=O) groups excluding carboxylic acids is 4. The third kappa shape index (κ3) is 5.13. The summed E-state index contributed by atoms with van der Waals surface area (Å²) in [4.78, 5) is 48.3. The van der Waals surface area contributed by atoms with E-state index in [0.29, 0.717) is 16.8 Å². The second kappa shape index (κ2) is 9.35. The summed E-state index contributed by atoms with van der Waals surface area (Å²) in [7, 11) is 0. The minimum Gasteiger partial charge on any atom is -0.508 e. The number of hydrogen-bond acceptors (Lipinski definition) is 7. The van der Waals surface area contributed by atoms with E-state index in [2.05, 4.69) is 16.0 Å². The van der Waals surface area contributed by atoms with Gasteiger partial charge >= 0.3 is 6.03 Å². The zero-order chi connectivity index (χ0) is 23.4. The summed E-state index contributed by atoms with van der Waals surface area (Å²) in [6.07, 6.45) is 0.188. The summed E-state index contributed by atoms with van der Waals surface area (Å²) in [5, 5.41) is 17.9. The molecule has 3 rings (SSSR count). The summed E-state index contributed by atoms with van der Waals surface area (Å²) >= 11 is 0. The molecular formula is C21H24N6O5. The lowest BCUT2D eigenvalue weighted by atomic mass is 10.0. The molecule has 1 unspecified atom stereocenters. The van der Waals surface area contributed by atoms with Gasteiger partial charge in [-0.15, -0.1) is 0 Å². The molecule has 8 N–H and O–H groups in total. The van der Waals surface area contributed by atoms with Crippen molar-refractivity contribution in [1.82, 2.24) is 15.6 Å². The van der Waals surface area contributed by atoms with Crippen LogP contribution in [0.5, 0.6) is 5.75 Å². The van der Waals surface area contributed by atoms with Crippen LogP contribution in [0.15, 0.2) is 36.4 Å². The van der Waals surface area contributed by atoms with Gasteiger partial charge in [-0.1, -0.05) is 12.1 Å². The van der Waals surface area contributed by atoms with E-state index in [0.717, 1.165) is 5.01 Å². The molecule has 1 saturated heterocycles. The highest BCUT2D eigenvalue weighted by Crippen LogP contribution is 2.21. The van der Waals surface area contributed by atoms with Crippen molar-refractivity contribution in [3.63, 3.8) is 0 Å². The number of nitrogen functional groups attached to an aromatic ring is 1. The molecule has 5 amide bonds. The number of aryl methyl sites for hydroxylation is 1. The third-order valence-corrected chi connectivity index (χ3v) is 5.05. The topological polar surface area (TPSA) is 180 Å². The number of amides is 5. The highest BCUT2D eigenvalue weighted by atomic mass is 16.3. The molecule has 2 aromatic carbocycles. The van der Waals surface area contributed by atoms with Gasteiger partial charge in [-0.2, -0.15) is 0 Å². The Balaban J connectivity index is 1.65. The van der Waals surface area contributed by atoms with Gasteiger partial charge < -0.3 is 21.5 Å². The van der Waals surface area contributed by atoms with Gasteiger partial charge in [0, 0.05) is 30.4 Å². The van der Waals surface area contributed by atoms with Crippen molar-refractivity contribution in [2.75, 3.05) is 11.1 Å². The molecule has 0 spiro atoms. The number of piperidine rings is 1. The van der Waals surface area contributed by atoms with E-state index in [9.17, 15) is 24.3 Å². The zero-order valence-corrected chi connectivity index (χ0v) is 17.3. The average Bonchev–Trinajstić information content (AvgIpc) is 2.75. The third-order valence-electron chi connectivity index (χ3n) is 5.05. The summed E-state index contributed by atoms with van der Waals surface area (Å²) in [5.74, 6) is 4.18. The maximum Gasteiger partial charge on any atom is 0.319 e. The van der Waals surface area contributed by atoms with Crippen molar-refractivity contribution >= 4 is 35.1 Å². The molecule has 0 saturated carbocycles. The molecule has 168 valence electrons. The van der Waals surface area contributed by atoms with Crippen LogP contribution in [0.2, 0.25) is 0 Å². The molecule has 1 aliphatic rings. The molecule has 1 atom stereocenters.